The van der Waals surface area contributed by atoms with Crippen molar-refractivity contribution in [3.05, 3.63) is 94.2 Å². The van der Waals surface area contributed by atoms with Gasteiger partial charge >= 0.3 is 0 Å². The number of nitrogens with zero attached hydrogens (tertiary/aromatic N) is 2. The Hall–Kier alpha value is -3.12. The van der Waals surface area contributed by atoms with Gasteiger partial charge in [-0.05, 0) is 73.2 Å². The maximum Gasteiger partial charge on any atom is 0.251 e. The van der Waals surface area contributed by atoms with Crippen molar-refractivity contribution in [2.75, 3.05) is 6.61 Å². The average molecular weight is 534 g/mol. The standard InChI is InChI=1S/C29H32BrN3O2/c1-3-21(2)22-13-15-25(16-14-22)35-18-7-6-17-33-27-12-5-4-11-26(27)32-28(33)20-31-29(34)23-9-8-10-24(30)19-23/h4-5,8-16,19,21H,3,6-7,17-18,20H2,1-2H3,(H,31,34). The van der Waals surface area contributed by atoms with Crippen LogP contribution in [0.2, 0.25) is 0 Å². The molecule has 0 fully saturated rings. The van der Waals surface area contributed by atoms with E-state index in [1.165, 1.54) is 5.56 Å². The van der Waals surface area contributed by atoms with E-state index in [4.69, 9.17) is 9.72 Å². The molecule has 4 rings (SSSR count). The lowest BCUT2D eigenvalue weighted by Crippen LogP contribution is -2.24. The van der Waals surface area contributed by atoms with E-state index >= 15 is 0 Å². The van der Waals surface area contributed by atoms with Gasteiger partial charge in [0, 0.05) is 16.6 Å². The van der Waals surface area contributed by atoms with Crippen molar-refractivity contribution in [1.29, 1.82) is 0 Å². The molecule has 6 heteroatoms. The molecule has 35 heavy (non-hydrogen) atoms. The fraction of sp³-hybridized carbons (Fsp3) is 0.310. The number of amides is 1. The van der Waals surface area contributed by atoms with Crippen molar-refractivity contribution in [1.82, 2.24) is 14.9 Å². The van der Waals surface area contributed by atoms with Gasteiger partial charge in [-0.15, -0.1) is 0 Å². The highest BCUT2D eigenvalue weighted by atomic mass is 79.9. The number of carbonyl (C=O) groups is 1. The van der Waals surface area contributed by atoms with Gasteiger partial charge < -0.3 is 14.6 Å². The minimum Gasteiger partial charge on any atom is -0.494 e. The Morgan fingerprint density at radius 1 is 1.06 bits per heavy atom. The van der Waals surface area contributed by atoms with E-state index in [9.17, 15) is 4.79 Å². The number of rotatable bonds is 11. The van der Waals surface area contributed by atoms with Gasteiger partial charge in [0.05, 0.1) is 24.2 Å². The number of fused-ring (bicyclic) bond motifs is 1. The van der Waals surface area contributed by atoms with E-state index in [1.54, 1.807) is 6.07 Å². The molecular formula is C29H32BrN3O2. The number of unbranched alkanes of at least 4 members (excludes halogenated alkanes) is 1. The zero-order valence-electron chi connectivity index (χ0n) is 20.3. The lowest BCUT2D eigenvalue weighted by atomic mass is 9.99. The van der Waals surface area contributed by atoms with Crippen LogP contribution in [0.4, 0.5) is 0 Å². The molecule has 5 nitrogen and oxygen atoms in total. The smallest absolute Gasteiger partial charge is 0.251 e. The first kappa shape index (κ1) is 25.0. The van der Waals surface area contributed by atoms with E-state index in [-0.39, 0.29) is 5.91 Å². The molecule has 4 aromatic rings. The number of hydrogen-bond donors (Lipinski definition) is 1. The van der Waals surface area contributed by atoms with E-state index in [2.05, 4.69) is 70.0 Å². The molecule has 1 amide bonds. The molecule has 0 aliphatic carbocycles. The van der Waals surface area contributed by atoms with Crippen LogP contribution in [0, 0.1) is 0 Å². The molecule has 1 atom stereocenters. The van der Waals surface area contributed by atoms with Crippen LogP contribution in [0.1, 0.15) is 60.8 Å². The second-order valence-corrected chi connectivity index (χ2v) is 9.71. The Labute approximate surface area is 215 Å². The summed E-state index contributed by atoms with van der Waals surface area (Å²) in [4.78, 5) is 17.4. The van der Waals surface area contributed by atoms with Gasteiger partial charge in [-0.1, -0.05) is 60.1 Å². The summed E-state index contributed by atoms with van der Waals surface area (Å²) in [6.45, 7) is 6.32. The minimum atomic E-state index is -0.113. The van der Waals surface area contributed by atoms with Gasteiger partial charge in [-0.25, -0.2) is 4.98 Å². The molecule has 0 bridgehead atoms. The first-order chi connectivity index (χ1) is 17.0. The molecule has 1 unspecified atom stereocenters. The number of imidazole rings is 1. The molecule has 0 saturated carbocycles. The van der Waals surface area contributed by atoms with Gasteiger partial charge in [0.1, 0.15) is 11.6 Å². The summed E-state index contributed by atoms with van der Waals surface area (Å²) in [7, 11) is 0. The lowest BCUT2D eigenvalue weighted by molar-refractivity contribution is 0.0949. The fourth-order valence-corrected chi connectivity index (χ4v) is 4.49. The van der Waals surface area contributed by atoms with E-state index < -0.39 is 0 Å². The molecule has 1 N–H and O–H groups in total. The summed E-state index contributed by atoms with van der Waals surface area (Å²) in [5.41, 5.74) is 4.00. The van der Waals surface area contributed by atoms with Crippen molar-refractivity contribution in [2.24, 2.45) is 0 Å². The molecule has 0 aliphatic rings. The third kappa shape index (κ3) is 6.51. The Bertz CT molecular complexity index is 1270. The predicted molar refractivity (Wildman–Crippen MR) is 145 cm³/mol. The molecule has 1 heterocycles. The topological polar surface area (TPSA) is 56.1 Å². The summed E-state index contributed by atoms with van der Waals surface area (Å²) in [5, 5.41) is 3.02. The number of nitrogens with one attached hydrogen (secondary N) is 1. The molecule has 0 radical (unpaired) electrons. The highest BCUT2D eigenvalue weighted by molar-refractivity contribution is 9.10. The van der Waals surface area contributed by atoms with Gasteiger partial charge in [0.2, 0.25) is 0 Å². The number of hydrogen-bond acceptors (Lipinski definition) is 3. The van der Waals surface area contributed by atoms with Crippen molar-refractivity contribution in [3.63, 3.8) is 0 Å². The fourth-order valence-electron chi connectivity index (χ4n) is 4.09. The Morgan fingerprint density at radius 2 is 1.86 bits per heavy atom. The number of benzene rings is 3. The highest BCUT2D eigenvalue weighted by Gasteiger charge is 2.13. The van der Waals surface area contributed by atoms with E-state index in [0.29, 0.717) is 24.6 Å². The Kier molecular flexibility index (Phi) is 8.59. The lowest BCUT2D eigenvalue weighted by Gasteiger charge is -2.12. The monoisotopic (exact) mass is 533 g/mol. The molecular weight excluding hydrogens is 502 g/mol. The number of halogens is 1. The van der Waals surface area contributed by atoms with Crippen molar-refractivity contribution in [2.45, 2.75) is 52.1 Å². The zero-order valence-corrected chi connectivity index (χ0v) is 21.9. The normalized spacial score (nSPS) is 12.0. The van der Waals surface area contributed by atoms with Crippen LogP contribution in [-0.2, 0) is 13.1 Å². The van der Waals surface area contributed by atoms with Crippen LogP contribution in [0.25, 0.3) is 11.0 Å². The van der Waals surface area contributed by atoms with Crippen molar-refractivity contribution in [3.8, 4) is 5.75 Å². The van der Waals surface area contributed by atoms with Gasteiger partial charge in [-0.2, -0.15) is 0 Å². The largest absolute Gasteiger partial charge is 0.494 e. The first-order valence-electron chi connectivity index (χ1n) is 12.3. The summed E-state index contributed by atoms with van der Waals surface area (Å²) >= 11 is 3.42. The van der Waals surface area contributed by atoms with E-state index in [1.807, 2.05) is 36.4 Å². The molecule has 0 spiro atoms. The van der Waals surface area contributed by atoms with E-state index in [0.717, 1.165) is 52.9 Å². The summed E-state index contributed by atoms with van der Waals surface area (Å²) in [6, 6.07) is 23.9. The third-order valence-electron chi connectivity index (χ3n) is 6.33. The summed E-state index contributed by atoms with van der Waals surface area (Å²) < 4.78 is 9.05. The maximum absolute atomic E-state index is 12.6. The molecule has 182 valence electrons. The van der Waals surface area contributed by atoms with Crippen LogP contribution in [-0.4, -0.2) is 22.1 Å². The second kappa shape index (κ2) is 12.0. The highest BCUT2D eigenvalue weighted by Crippen LogP contribution is 2.22. The molecule has 0 aliphatic heterocycles. The van der Waals surface area contributed by atoms with Gasteiger partial charge in [0.25, 0.3) is 5.91 Å². The van der Waals surface area contributed by atoms with Crippen molar-refractivity contribution >= 4 is 32.9 Å². The van der Waals surface area contributed by atoms with Crippen LogP contribution < -0.4 is 10.1 Å². The van der Waals surface area contributed by atoms with Crippen LogP contribution in [0.15, 0.2) is 77.3 Å². The number of para-hydroxylation sites is 2. The van der Waals surface area contributed by atoms with Crippen molar-refractivity contribution < 1.29 is 9.53 Å². The predicted octanol–water partition coefficient (Wildman–Crippen LogP) is 7.10. The molecule has 0 saturated heterocycles. The Morgan fingerprint density at radius 3 is 2.63 bits per heavy atom. The quantitative estimate of drug-likeness (QED) is 0.209. The van der Waals surface area contributed by atoms with Crippen LogP contribution in [0.3, 0.4) is 0 Å². The SMILES string of the molecule is CCC(C)c1ccc(OCCCCn2c(CNC(=O)c3cccc(Br)c3)nc3ccccc32)cc1. The Balaban J connectivity index is 1.33. The number of aryl methyl sites for hydroxylation is 1. The third-order valence-corrected chi connectivity index (χ3v) is 6.83. The average Bonchev–Trinajstić information content (AvgIpc) is 3.24. The number of carbonyl (C=O) groups excluding carboxylic acids is 1. The minimum absolute atomic E-state index is 0.113. The molecule has 1 aromatic heterocycles. The summed E-state index contributed by atoms with van der Waals surface area (Å²) in [5.74, 6) is 2.23. The maximum atomic E-state index is 12.6. The summed E-state index contributed by atoms with van der Waals surface area (Å²) in [6.07, 6.45) is 3.03. The molecule has 3 aromatic carbocycles. The first-order valence-corrected chi connectivity index (χ1v) is 13.0. The van der Waals surface area contributed by atoms with Crippen LogP contribution in [0.5, 0.6) is 5.75 Å². The zero-order chi connectivity index (χ0) is 24.6. The van der Waals surface area contributed by atoms with Gasteiger partial charge in [0.15, 0.2) is 0 Å². The van der Waals surface area contributed by atoms with Gasteiger partial charge in [-0.3, -0.25) is 4.79 Å². The number of ether oxygens (including phenoxy) is 1. The van der Waals surface area contributed by atoms with Crippen LogP contribution >= 0.6 is 15.9 Å². The second-order valence-electron chi connectivity index (χ2n) is 8.80. The number of aromatic nitrogens is 2.